The summed E-state index contributed by atoms with van der Waals surface area (Å²) in [7, 11) is 0. The molecule has 0 unspecified atom stereocenters. The Labute approximate surface area is 181 Å². The average molecular weight is 461 g/mol. The molecular weight excluding hydrogens is 444 g/mol. The fourth-order valence-corrected chi connectivity index (χ4v) is 4.69. The highest BCUT2D eigenvalue weighted by Crippen LogP contribution is 2.38. The van der Waals surface area contributed by atoms with Crippen LogP contribution in [0.2, 0.25) is 0 Å². The van der Waals surface area contributed by atoms with E-state index in [2.05, 4.69) is 93.4 Å². The number of rotatable bonds is 4. The Morgan fingerprint density at radius 1 is 0.828 bits per heavy atom. The average Bonchev–Trinajstić information content (AvgIpc) is 3.35. The van der Waals surface area contributed by atoms with Crippen LogP contribution in [0.3, 0.4) is 0 Å². The molecule has 0 radical (unpaired) electrons. The number of thiophene rings is 1. The minimum Gasteiger partial charge on any atom is -0.435 e. The number of benzene rings is 3. The van der Waals surface area contributed by atoms with Crippen molar-refractivity contribution in [2.75, 3.05) is 4.90 Å². The zero-order valence-electron chi connectivity index (χ0n) is 15.7. The van der Waals surface area contributed by atoms with E-state index in [1.165, 1.54) is 5.56 Å². The molecule has 0 saturated heterocycles. The van der Waals surface area contributed by atoms with Gasteiger partial charge in [0.05, 0.1) is 8.66 Å². The van der Waals surface area contributed by atoms with E-state index in [1.54, 1.807) is 11.3 Å². The number of halogens is 1. The highest BCUT2D eigenvalue weighted by molar-refractivity contribution is 9.11. The summed E-state index contributed by atoms with van der Waals surface area (Å²) >= 11 is 5.12. The summed E-state index contributed by atoms with van der Waals surface area (Å²) in [4.78, 5) is 7.90. The lowest BCUT2D eigenvalue weighted by molar-refractivity contribution is 0.622. The lowest BCUT2D eigenvalue weighted by Crippen LogP contribution is -2.09. The lowest BCUT2D eigenvalue weighted by atomic mass is 10.1. The van der Waals surface area contributed by atoms with E-state index in [0.717, 1.165) is 36.8 Å². The Hall–Kier alpha value is -2.89. The molecule has 2 heterocycles. The van der Waals surface area contributed by atoms with Crippen molar-refractivity contribution >= 4 is 55.4 Å². The van der Waals surface area contributed by atoms with Gasteiger partial charge in [-0.2, -0.15) is 0 Å². The van der Waals surface area contributed by atoms with E-state index in [-0.39, 0.29) is 0 Å². The van der Waals surface area contributed by atoms with Crippen LogP contribution in [0.15, 0.2) is 93.1 Å². The predicted octanol–water partition coefficient (Wildman–Crippen LogP) is 8.10. The SMILES string of the molecule is Cc1cccc(N(c2ccccc2)c2ccc3nc(-c4ccc(Br)s4)oc3c2)c1. The normalized spacial score (nSPS) is 11.1. The van der Waals surface area contributed by atoms with Gasteiger partial charge < -0.3 is 9.32 Å². The maximum absolute atomic E-state index is 6.11. The number of hydrogen-bond acceptors (Lipinski definition) is 4. The third-order valence-electron chi connectivity index (χ3n) is 4.69. The van der Waals surface area contributed by atoms with Crippen molar-refractivity contribution in [3.63, 3.8) is 0 Å². The summed E-state index contributed by atoms with van der Waals surface area (Å²) < 4.78 is 7.17. The molecule has 5 heteroatoms. The highest BCUT2D eigenvalue weighted by atomic mass is 79.9. The molecule has 3 nitrogen and oxygen atoms in total. The number of hydrogen-bond donors (Lipinski definition) is 0. The van der Waals surface area contributed by atoms with Crippen molar-refractivity contribution in [3.05, 3.63) is 94.3 Å². The van der Waals surface area contributed by atoms with Crippen LogP contribution >= 0.6 is 27.3 Å². The van der Waals surface area contributed by atoms with Gasteiger partial charge in [0.1, 0.15) is 5.52 Å². The molecule has 0 saturated carbocycles. The number of anilines is 3. The standard InChI is InChI=1S/C24H17BrN2OS/c1-16-6-5-9-18(14-16)27(17-7-3-2-4-8-17)19-10-11-20-21(15-19)28-24(26-20)22-12-13-23(25)29-22/h2-15H,1H3. The molecule has 0 aliphatic heterocycles. The summed E-state index contributed by atoms with van der Waals surface area (Å²) in [6.45, 7) is 2.11. The maximum atomic E-state index is 6.11. The second-order valence-electron chi connectivity index (χ2n) is 6.78. The Bertz CT molecular complexity index is 1290. The molecule has 0 bridgehead atoms. The van der Waals surface area contributed by atoms with Crippen molar-refractivity contribution in [2.24, 2.45) is 0 Å². The molecule has 142 valence electrons. The van der Waals surface area contributed by atoms with E-state index in [1.807, 2.05) is 24.3 Å². The van der Waals surface area contributed by atoms with Crippen LogP contribution in [0.25, 0.3) is 21.9 Å². The van der Waals surface area contributed by atoms with Crippen molar-refractivity contribution in [1.82, 2.24) is 4.98 Å². The molecule has 5 aromatic rings. The Morgan fingerprint density at radius 2 is 1.62 bits per heavy atom. The predicted molar refractivity (Wildman–Crippen MR) is 124 cm³/mol. The van der Waals surface area contributed by atoms with Crippen molar-refractivity contribution in [2.45, 2.75) is 6.92 Å². The topological polar surface area (TPSA) is 29.3 Å². The van der Waals surface area contributed by atoms with Gasteiger partial charge in [-0.1, -0.05) is 30.3 Å². The van der Waals surface area contributed by atoms with Crippen LogP contribution < -0.4 is 4.90 Å². The highest BCUT2D eigenvalue weighted by Gasteiger charge is 2.16. The van der Waals surface area contributed by atoms with Gasteiger partial charge in [0.2, 0.25) is 5.89 Å². The fourth-order valence-electron chi connectivity index (χ4n) is 3.38. The van der Waals surface area contributed by atoms with Gasteiger partial charge >= 0.3 is 0 Å². The molecule has 0 spiro atoms. The summed E-state index contributed by atoms with van der Waals surface area (Å²) in [5, 5.41) is 0. The van der Waals surface area contributed by atoms with Gasteiger partial charge in [-0.15, -0.1) is 11.3 Å². The van der Waals surface area contributed by atoms with Crippen molar-refractivity contribution in [3.8, 4) is 10.8 Å². The number of aromatic nitrogens is 1. The Balaban J connectivity index is 1.63. The summed E-state index contributed by atoms with van der Waals surface area (Å²) in [5.41, 5.74) is 6.08. The zero-order valence-corrected chi connectivity index (χ0v) is 18.1. The number of nitrogens with zero attached hydrogens (tertiary/aromatic N) is 2. The van der Waals surface area contributed by atoms with Crippen LogP contribution in [-0.2, 0) is 0 Å². The molecule has 3 aromatic carbocycles. The first-order chi connectivity index (χ1) is 14.2. The third-order valence-corrected chi connectivity index (χ3v) is 6.30. The van der Waals surface area contributed by atoms with E-state index >= 15 is 0 Å². The van der Waals surface area contributed by atoms with Crippen molar-refractivity contribution in [1.29, 1.82) is 0 Å². The molecular formula is C24H17BrN2OS. The van der Waals surface area contributed by atoms with Crippen LogP contribution in [0.4, 0.5) is 17.1 Å². The van der Waals surface area contributed by atoms with Crippen molar-refractivity contribution < 1.29 is 4.42 Å². The Kier molecular flexibility index (Phi) is 4.70. The molecule has 0 aliphatic carbocycles. The molecule has 0 fully saturated rings. The fraction of sp³-hybridized carbons (Fsp3) is 0.0417. The van der Waals surface area contributed by atoms with Gasteiger partial charge in [-0.05, 0) is 76.9 Å². The molecule has 0 amide bonds. The largest absolute Gasteiger partial charge is 0.435 e. The minimum absolute atomic E-state index is 0.648. The number of oxazole rings is 1. The second-order valence-corrected chi connectivity index (χ2v) is 9.25. The molecule has 29 heavy (non-hydrogen) atoms. The summed E-state index contributed by atoms with van der Waals surface area (Å²) in [5.74, 6) is 0.648. The molecule has 2 aromatic heterocycles. The first-order valence-corrected chi connectivity index (χ1v) is 10.9. The minimum atomic E-state index is 0.648. The molecule has 5 rings (SSSR count). The quantitative estimate of drug-likeness (QED) is 0.271. The van der Waals surface area contributed by atoms with E-state index in [4.69, 9.17) is 4.42 Å². The van der Waals surface area contributed by atoms with Crippen LogP contribution in [0, 0.1) is 6.92 Å². The van der Waals surface area contributed by atoms with Gasteiger partial charge in [0, 0.05) is 23.1 Å². The van der Waals surface area contributed by atoms with E-state index in [9.17, 15) is 0 Å². The number of aryl methyl sites for hydroxylation is 1. The van der Waals surface area contributed by atoms with E-state index < -0.39 is 0 Å². The van der Waals surface area contributed by atoms with Gasteiger partial charge in [-0.25, -0.2) is 4.98 Å². The molecule has 0 aliphatic rings. The molecule has 0 N–H and O–H groups in total. The summed E-state index contributed by atoms with van der Waals surface area (Å²) in [6, 6.07) is 29.1. The van der Waals surface area contributed by atoms with Crippen LogP contribution in [0.5, 0.6) is 0 Å². The summed E-state index contributed by atoms with van der Waals surface area (Å²) in [6.07, 6.45) is 0. The van der Waals surface area contributed by atoms with Gasteiger partial charge in [0.15, 0.2) is 5.58 Å². The Morgan fingerprint density at radius 3 is 2.38 bits per heavy atom. The monoisotopic (exact) mass is 460 g/mol. The number of fused-ring (bicyclic) bond motifs is 1. The van der Waals surface area contributed by atoms with Crippen LogP contribution in [-0.4, -0.2) is 4.98 Å². The smallest absolute Gasteiger partial charge is 0.237 e. The van der Waals surface area contributed by atoms with Gasteiger partial charge in [0.25, 0.3) is 0 Å². The molecule has 0 atom stereocenters. The first-order valence-electron chi connectivity index (χ1n) is 9.25. The van der Waals surface area contributed by atoms with Gasteiger partial charge in [-0.3, -0.25) is 0 Å². The second kappa shape index (κ2) is 7.50. The maximum Gasteiger partial charge on any atom is 0.237 e. The number of para-hydroxylation sites is 1. The zero-order chi connectivity index (χ0) is 19.8. The van der Waals surface area contributed by atoms with E-state index in [0.29, 0.717) is 5.89 Å². The lowest BCUT2D eigenvalue weighted by Gasteiger charge is -2.25. The first kappa shape index (κ1) is 18.2. The third kappa shape index (κ3) is 3.59. The van der Waals surface area contributed by atoms with Crippen LogP contribution in [0.1, 0.15) is 5.56 Å².